The van der Waals surface area contributed by atoms with E-state index in [9.17, 15) is 35.7 Å². The molecular weight excluding hydrogens is 676 g/mol. The molecule has 1 spiro atoms. The molecular formula is C39H64O13. The van der Waals surface area contributed by atoms with E-state index in [4.69, 9.17) is 28.4 Å². The highest BCUT2D eigenvalue weighted by atomic mass is 16.8. The topological polar surface area (TPSA) is 197 Å². The summed E-state index contributed by atoms with van der Waals surface area (Å²) in [6, 6.07) is 0. The van der Waals surface area contributed by atoms with E-state index < -0.39 is 80.4 Å². The van der Waals surface area contributed by atoms with E-state index >= 15 is 0 Å². The van der Waals surface area contributed by atoms with Crippen LogP contribution in [-0.2, 0) is 28.4 Å². The van der Waals surface area contributed by atoms with E-state index in [0.29, 0.717) is 41.4 Å². The molecule has 4 aliphatic heterocycles. The van der Waals surface area contributed by atoms with Crippen LogP contribution >= 0.6 is 0 Å². The second kappa shape index (κ2) is 14.1. The van der Waals surface area contributed by atoms with E-state index in [1.54, 1.807) is 0 Å². The molecule has 8 aliphatic rings. The van der Waals surface area contributed by atoms with E-state index in [1.165, 1.54) is 25.7 Å². The van der Waals surface area contributed by atoms with Crippen LogP contribution in [0.1, 0.15) is 91.9 Å². The molecule has 0 aromatic carbocycles. The number of fused-ring (bicyclic) bond motifs is 7. The molecule has 0 radical (unpaired) electrons. The highest BCUT2D eigenvalue weighted by molar-refractivity contribution is 5.15. The first-order valence-corrected chi connectivity index (χ1v) is 20.3. The van der Waals surface area contributed by atoms with Gasteiger partial charge in [-0.3, -0.25) is 0 Å². The zero-order valence-corrected chi connectivity index (χ0v) is 31.2. The van der Waals surface area contributed by atoms with E-state index in [-0.39, 0.29) is 23.0 Å². The highest BCUT2D eigenvalue weighted by Gasteiger charge is 2.69. The van der Waals surface area contributed by atoms with Crippen LogP contribution in [0.2, 0.25) is 0 Å². The van der Waals surface area contributed by atoms with Crippen LogP contribution in [0.25, 0.3) is 0 Å². The zero-order chi connectivity index (χ0) is 36.9. The van der Waals surface area contributed by atoms with Crippen LogP contribution in [0.3, 0.4) is 0 Å². The molecule has 0 unspecified atom stereocenters. The summed E-state index contributed by atoms with van der Waals surface area (Å²) < 4.78 is 37.5. The predicted molar refractivity (Wildman–Crippen MR) is 183 cm³/mol. The quantitative estimate of drug-likeness (QED) is 0.194. The Labute approximate surface area is 307 Å². The van der Waals surface area contributed by atoms with Gasteiger partial charge in [-0.15, -0.1) is 0 Å². The molecule has 8 fully saturated rings. The van der Waals surface area contributed by atoms with Crippen molar-refractivity contribution >= 4 is 0 Å². The molecule has 13 heteroatoms. The lowest BCUT2D eigenvalue weighted by Crippen LogP contribution is -2.65. The Balaban J connectivity index is 0.942. The van der Waals surface area contributed by atoms with Crippen molar-refractivity contribution in [3.05, 3.63) is 0 Å². The lowest BCUT2D eigenvalue weighted by atomic mass is 9.44. The van der Waals surface area contributed by atoms with Crippen LogP contribution in [0.15, 0.2) is 0 Å². The Morgan fingerprint density at radius 3 is 2.06 bits per heavy atom. The monoisotopic (exact) mass is 740 g/mol. The maximum atomic E-state index is 11.1. The highest BCUT2D eigenvalue weighted by Crippen LogP contribution is 2.71. The fraction of sp³-hybridized carbons (Fsp3) is 1.00. The third kappa shape index (κ3) is 5.98. The third-order valence-electron chi connectivity index (χ3n) is 16.2. The van der Waals surface area contributed by atoms with Crippen molar-refractivity contribution in [2.75, 3.05) is 19.8 Å². The number of ether oxygens (including phenoxy) is 6. The third-order valence-corrected chi connectivity index (χ3v) is 16.2. The molecule has 8 rings (SSSR count). The maximum absolute atomic E-state index is 11.1. The van der Waals surface area contributed by atoms with Gasteiger partial charge in [0.2, 0.25) is 0 Å². The lowest BCUT2D eigenvalue weighted by Gasteiger charge is -2.61. The molecule has 7 N–H and O–H groups in total. The van der Waals surface area contributed by atoms with Gasteiger partial charge < -0.3 is 64.2 Å². The molecule has 0 bridgehead atoms. The fourth-order valence-electron chi connectivity index (χ4n) is 13.2. The van der Waals surface area contributed by atoms with Crippen molar-refractivity contribution in [1.29, 1.82) is 0 Å². The fourth-order valence-corrected chi connectivity index (χ4v) is 13.2. The van der Waals surface area contributed by atoms with Crippen LogP contribution < -0.4 is 0 Å². The van der Waals surface area contributed by atoms with Crippen LogP contribution in [0.5, 0.6) is 0 Å². The normalized spacial score (nSPS) is 59.0. The van der Waals surface area contributed by atoms with Gasteiger partial charge in [-0.1, -0.05) is 27.7 Å². The largest absolute Gasteiger partial charge is 0.394 e. The average molecular weight is 741 g/mol. The molecule has 4 heterocycles. The summed E-state index contributed by atoms with van der Waals surface area (Å²) in [4.78, 5) is 0. The molecule has 4 saturated heterocycles. The summed E-state index contributed by atoms with van der Waals surface area (Å²) in [7, 11) is 0. The Morgan fingerprint density at radius 2 is 1.37 bits per heavy atom. The molecule has 4 aliphatic carbocycles. The standard InChI is InChI=1S/C39H64O13/c1-18-7-12-39(47-17-18)19(2)28-25(52-39)14-24-22-6-5-20-13-21(8-10-37(20,3)23(22)9-11-38(24,28)4)48-36-34(32(45)30(43)27(16-41)50-36)51-35-33(46)31(44)29(42)26(15-40)49-35/h18-36,40-46H,5-17H2,1-4H3/t18-,19+,20+,21-,22+,23-,24-,25-,26+,27+,28-,29+,30-,31-,32-,33+,34+,35-,36+,37-,38-,39-/m0/s1. The first kappa shape index (κ1) is 38.4. The number of aliphatic hydroxyl groups excluding tert-OH is 7. The number of aliphatic hydroxyl groups is 7. The second-order valence-electron chi connectivity index (χ2n) is 18.7. The Bertz CT molecular complexity index is 1260. The van der Waals surface area contributed by atoms with Crippen molar-refractivity contribution in [1.82, 2.24) is 0 Å². The SMILES string of the molecule is C[C@H]1CC[C@]2(OC1)O[C@H]1C[C@H]3[C@@H]4CC[C@@H]5C[C@@H](O[C@@H]6O[C@H](CO)[C@H](O)[C@H](O)[C@H]6O[C@@H]6O[C@H](CO)[C@@H](O)[C@H](O)[C@H]6O)CC[C@]5(C)[C@H]4CC[C@]3(C)[C@H]1[C@H]2C. The first-order chi connectivity index (χ1) is 24.7. The van der Waals surface area contributed by atoms with Gasteiger partial charge in [0.1, 0.15) is 48.8 Å². The molecule has 0 amide bonds. The molecule has 0 aromatic rings. The number of hydrogen-bond donors (Lipinski definition) is 7. The smallest absolute Gasteiger partial charge is 0.187 e. The lowest BCUT2D eigenvalue weighted by molar-refractivity contribution is -0.373. The minimum absolute atomic E-state index is 0.168. The maximum Gasteiger partial charge on any atom is 0.187 e. The Morgan fingerprint density at radius 1 is 0.673 bits per heavy atom. The Kier molecular flexibility index (Phi) is 10.4. The molecule has 13 nitrogen and oxygen atoms in total. The van der Waals surface area contributed by atoms with Crippen molar-refractivity contribution in [3.8, 4) is 0 Å². The van der Waals surface area contributed by atoms with Crippen LogP contribution in [-0.4, -0.2) is 135 Å². The molecule has 52 heavy (non-hydrogen) atoms. The minimum atomic E-state index is -1.71. The van der Waals surface area contributed by atoms with Gasteiger partial charge in [0, 0.05) is 12.3 Å². The number of hydrogen-bond acceptors (Lipinski definition) is 13. The predicted octanol–water partition coefficient (Wildman–Crippen LogP) is 1.44. The summed E-state index contributed by atoms with van der Waals surface area (Å²) in [6.07, 6.45) is -3.88. The minimum Gasteiger partial charge on any atom is -0.394 e. The molecule has 298 valence electrons. The summed E-state index contributed by atoms with van der Waals surface area (Å²) in [5.74, 6) is 3.51. The zero-order valence-electron chi connectivity index (χ0n) is 31.2. The average Bonchev–Trinajstić information content (AvgIpc) is 3.58. The Hall–Kier alpha value is -0.520. The van der Waals surface area contributed by atoms with Crippen molar-refractivity contribution in [2.45, 2.75) is 171 Å². The molecule has 0 aromatic heterocycles. The molecule has 22 atom stereocenters. The summed E-state index contributed by atoms with van der Waals surface area (Å²) in [5.41, 5.74) is 0.425. The molecule has 4 saturated carbocycles. The summed E-state index contributed by atoms with van der Waals surface area (Å²) in [6.45, 7) is 9.33. The van der Waals surface area contributed by atoms with Gasteiger partial charge >= 0.3 is 0 Å². The van der Waals surface area contributed by atoms with Gasteiger partial charge in [0.25, 0.3) is 0 Å². The van der Waals surface area contributed by atoms with Crippen molar-refractivity contribution in [3.63, 3.8) is 0 Å². The van der Waals surface area contributed by atoms with Gasteiger partial charge in [-0.2, -0.15) is 0 Å². The van der Waals surface area contributed by atoms with E-state index in [1.807, 2.05) is 0 Å². The summed E-state index contributed by atoms with van der Waals surface area (Å²) >= 11 is 0. The van der Waals surface area contributed by atoms with Gasteiger partial charge in [0.15, 0.2) is 18.4 Å². The van der Waals surface area contributed by atoms with Crippen molar-refractivity contribution in [2.24, 2.45) is 52.3 Å². The van der Waals surface area contributed by atoms with Crippen LogP contribution in [0, 0.1) is 52.3 Å². The van der Waals surface area contributed by atoms with Gasteiger partial charge in [-0.25, -0.2) is 0 Å². The van der Waals surface area contributed by atoms with Gasteiger partial charge in [0.05, 0.1) is 32.0 Å². The van der Waals surface area contributed by atoms with E-state index in [0.717, 1.165) is 45.1 Å². The van der Waals surface area contributed by atoms with E-state index in [2.05, 4.69) is 27.7 Å². The van der Waals surface area contributed by atoms with Crippen LogP contribution in [0.4, 0.5) is 0 Å². The second-order valence-corrected chi connectivity index (χ2v) is 18.7. The first-order valence-electron chi connectivity index (χ1n) is 20.3. The summed E-state index contributed by atoms with van der Waals surface area (Å²) in [5, 5.41) is 72.7. The number of rotatable bonds is 6. The van der Waals surface area contributed by atoms with Gasteiger partial charge in [-0.05, 0) is 104 Å². The van der Waals surface area contributed by atoms with Crippen molar-refractivity contribution < 1.29 is 64.2 Å².